The first kappa shape index (κ1) is 17.7. The molecule has 2 bridgehead atoms. The summed E-state index contributed by atoms with van der Waals surface area (Å²) in [6.07, 6.45) is 3.81. The Morgan fingerprint density at radius 3 is 2.97 bits per heavy atom. The first-order chi connectivity index (χ1) is 14.5. The molecule has 30 heavy (non-hydrogen) atoms. The van der Waals surface area contributed by atoms with Gasteiger partial charge in [0.1, 0.15) is 11.5 Å². The first-order valence-electron chi connectivity index (χ1n) is 10.9. The number of hydrogen-bond donors (Lipinski definition) is 1. The molecule has 1 saturated carbocycles. The van der Waals surface area contributed by atoms with E-state index >= 15 is 0 Å². The highest BCUT2D eigenvalue weighted by atomic mass is 16.6. The van der Waals surface area contributed by atoms with Crippen LogP contribution in [-0.2, 0) is 19.7 Å². The Kier molecular flexibility index (Phi) is 3.11. The average Bonchev–Trinajstić information content (AvgIpc) is 3.20. The Morgan fingerprint density at radius 1 is 1.30 bits per heavy atom. The molecule has 6 aliphatic rings. The largest absolute Gasteiger partial charge is 0.497 e. The molecule has 1 aromatic carbocycles. The minimum atomic E-state index is -1.44. The average molecular weight is 410 g/mol. The van der Waals surface area contributed by atoms with Crippen molar-refractivity contribution >= 4 is 11.6 Å². The van der Waals surface area contributed by atoms with Crippen LogP contribution in [0.5, 0.6) is 5.75 Å². The van der Waals surface area contributed by atoms with Crippen LogP contribution in [0.2, 0.25) is 0 Å². The third kappa shape index (κ3) is 1.64. The number of carbonyl (C=O) groups excluding carboxylic acids is 1. The van der Waals surface area contributed by atoms with Gasteiger partial charge in [0, 0.05) is 31.8 Å². The number of methoxy groups -OCH3 is 2. The maximum Gasteiger partial charge on any atom is 0.232 e. The number of hydrogen-bond acceptors (Lipinski definition) is 6. The molecule has 1 aromatic rings. The second-order valence-corrected chi connectivity index (χ2v) is 9.67. The summed E-state index contributed by atoms with van der Waals surface area (Å²) < 4.78 is 18.1. The number of benzene rings is 1. The van der Waals surface area contributed by atoms with E-state index in [1.165, 1.54) is 5.57 Å². The molecule has 5 aliphatic heterocycles. The van der Waals surface area contributed by atoms with Gasteiger partial charge in [-0.2, -0.15) is 0 Å². The molecule has 158 valence electrons. The molecule has 3 saturated heterocycles. The number of carbonyl (C=O) groups is 1. The molecular formula is C23H26N2O5. The lowest BCUT2D eigenvalue weighted by Crippen LogP contribution is -2.77. The Morgan fingerprint density at radius 2 is 2.17 bits per heavy atom. The number of fused-ring (bicyclic) bond motifs is 2. The lowest BCUT2D eigenvalue weighted by Gasteiger charge is -2.64. The summed E-state index contributed by atoms with van der Waals surface area (Å²) in [4.78, 5) is 17.9. The zero-order valence-electron chi connectivity index (χ0n) is 17.3. The molecule has 7 nitrogen and oxygen atoms in total. The number of amides is 1. The normalized spacial score (nSPS) is 45.2. The van der Waals surface area contributed by atoms with Crippen molar-refractivity contribution in [3.05, 3.63) is 35.4 Å². The van der Waals surface area contributed by atoms with Gasteiger partial charge in [0.2, 0.25) is 5.91 Å². The van der Waals surface area contributed by atoms with E-state index in [4.69, 9.17) is 14.2 Å². The molecule has 4 fully saturated rings. The second kappa shape index (κ2) is 5.27. The Balaban J connectivity index is 1.58. The molecular weight excluding hydrogens is 384 g/mol. The Labute approximate surface area is 175 Å². The highest BCUT2D eigenvalue weighted by Crippen LogP contribution is 2.71. The molecule has 1 amide bonds. The summed E-state index contributed by atoms with van der Waals surface area (Å²) in [5.74, 6) is -0.769. The fraction of sp³-hybridized carbons (Fsp3) is 0.609. The number of piperidine rings is 2. The predicted molar refractivity (Wildman–Crippen MR) is 107 cm³/mol. The van der Waals surface area contributed by atoms with Gasteiger partial charge in [0.05, 0.1) is 31.6 Å². The molecule has 0 radical (unpaired) electrons. The van der Waals surface area contributed by atoms with Gasteiger partial charge in [-0.05, 0) is 42.5 Å². The second-order valence-electron chi connectivity index (χ2n) is 9.67. The molecule has 1 N–H and O–H groups in total. The number of rotatable bonds is 2. The van der Waals surface area contributed by atoms with E-state index in [-0.39, 0.29) is 30.2 Å². The monoisotopic (exact) mass is 410 g/mol. The van der Waals surface area contributed by atoms with E-state index < -0.39 is 16.9 Å². The van der Waals surface area contributed by atoms with Crippen molar-refractivity contribution < 1.29 is 24.1 Å². The van der Waals surface area contributed by atoms with Crippen LogP contribution >= 0.6 is 0 Å². The first-order valence-corrected chi connectivity index (χ1v) is 10.9. The van der Waals surface area contributed by atoms with Crippen LogP contribution in [0, 0.1) is 11.8 Å². The lowest BCUT2D eigenvalue weighted by molar-refractivity contribution is -0.284. The zero-order chi connectivity index (χ0) is 20.5. The third-order valence-corrected chi connectivity index (χ3v) is 9.04. The van der Waals surface area contributed by atoms with Crippen LogP contribution in [0.4, 0.5) is 5.69 Å². The smallest absolute Gasteiger partial charge is 0.232 e. The maximum absolute atomic E-state index is 13.5. The van der Waals surface area contributed by atoms with Crippen molar-refractivity contribution in [2.75, 3.05) is 38.8 Å². The van der Waals surface area contributed by atoms with Crippen molar-refractivity contribution in [2.45, 2.75) is 42.2 Å². The molecule has 0 unspecified atom stereocenters. The van der Waals surface area contributed by atoms with Gasteiger partial charge >= 0.3 is 0 Å². The van der Waals surface area contributed by atoms with Crippen LogP contribution in [0.15, 0.2) is 29.8 Å². The summed E-state index contributed by atoms with van der Waals surface area (Å²) in [7, 11) is 3.48. The van der Waals surface area contributed by atoms with E-state index in [1.807, 2.05) is 24.1 Å². The minimum absolute atomic E-state index is 0.00294. The van der Waals surface area contributed by atoms with Gasteiger partial charge in [-0.1, -0.05) is 11.6 Å². The van der Waals surface area contributed by atoms with Crippen molar-refractivity contribution in [1.29, 1.82) is 0 Å². The fourth-order valence-corrected chi connectivity index (χ4v) is 8.08. The van der Waals surface area contributed by atoms with E-state index in [9.17, 15) is 9.90 Å². The van der Waals surface area contributed by atoms with E-state index in [1.54, 1.807) is 7.11 Å². The highest BCUT2D eigenvalue weighted by Gasteiger charge is 2.79. The molecule has 6 atom stereocenters. The number of anilines is 1. The van der Waals surface area contributed by atoms with E-state index in [0.717, 1.165) is 42.9 Å². The van der Waals surface area contributed by atoms with Crippen molar-refractivity contribution in [3.63, 3.8) is 0 Å². The van der Waals surface area contributed by atoms with Crippen LogP contribution in [0.3, 0.4) is 0 Å². The van der Waals surface area contributed by atoms with E-state index in [2.05, 4.69) is 17.0 Å². The number of ether oxygens (including phenoxy) is 3. The Bertz CT molecular complexity index is 1020. The van der Waals surface area contributed by atoms with Crippen LogP contribution in [0.1, 0.15) is 24.8 Å². The van der Waals surface area contributed by atoms with Crippen molar-refractivity contribution in [3.8, 4) is 5.75 Å². The van der Waals surface area contributed by atoms with Crippen LogP contribution in [-0.4, -0.2) is 67.4 Å². The quantitative estimate of drug-likeness (QED) is 0.744. The maximum atomic E-state index is 13.5. The summed E-state index contributed by atoms with van der Waals surface area (Å²) in [5, 5.41) is 11.7. The van der Waals surface area contributed by atoms with Crippen molar-refractivity contribution in [1.82, 2.24) is 4.90 Å². The topological polar surface area (TPSA) is 71.5 Å². The number of nitrogens with zero attached hydrogens (tertiary/aromatic N) is 2. The van der Waals surface area contributed by atoms with Gasteiger partial charge in [-0.25, -0.2) is 0 Å². The Hall–Kier alpha value is -1.93. The molecule has 1 aliphatic carbocycles. The SMILES string of the molecule is COc1ccc2c(c1)[C@@]13CCN4CC5=CCO[C@]6(O)CC(=O)N2[C@H]1[C@@H]6[C@H]5C[C@]43OC. The third-order valence-electron chi connectivity index (χ3n) is 9.04. The molecule has 7 rings (SSSR count). The standard InChI is InChI=1S/C23H26N2O5/c1-28-14-3-4-17-16(9-14)21-6-7-24-12-13-5-8-30-22(27)11-18(26)25(17)20(21)19(22)15(13)10-23(21,24)29-2/h3-5,9,15,19-20,27H,6-8,10-12H2,1-2H3/t15-,19-,20-,21-,22+,23+/m0/s1. The summed E-state index contributed by atoms with van der Waals surface area (Å²) >= 11 is 0. The molecule has 7 heteroatoms. The predicted octanol–water partition coefficient (Wildman–Crippen LogP) is 1.40. The van der Waals surface area contributed by atoms with Gasteiger partial charge in [0.25, 0.3) is 0 Å². The number of aliphatic hydroxyl groups is 1. The van der Waals surface area contributed by atoms with Crippen LogP contribution < -0.4 is 9.64 Å². The highest BCUT2D eigenvalue weighted by molar-refractivity contribution is 5.99. The fourth-order valence-electron chi connectivity index (χ4n) is 8.08. The minimum Gasteiger partial charge on any atom is -0.497 e. The molecule has 5 heterocycles. The van der Waals surface area contributed by atoms with Gasteiger partial charge in [-0.15, -0.1) is 0 Å². The summed E-state index contributed by atoms with van der Waals surface area (Å²) in [6, 6.07) is 5.83. The van der Waals surface area contributed by atoms with E-state index in [0.29, 0.717) is 6.61 Å². The summed E-state index contributed by atoms with van der Waals surface area (Å²) in [5.41, 5.74) is 2.45. The summed E-state index contributed by atoms with van der Waals surface area (Å²) in [6.45, 7) is 2.08. The van der Waals surface area contributed by atoms with Crippen molar-refractivity contribution in [2.24, 2.45) is 11.8 Å². The van der Waals surface area contributed by atoms with Gasteiger partial charge < -0.3 is 24.2 Å². The molecule has 1 spiro atoms. The lowest BCUT2D eigenvalue weighted by atomic mass is 9.51. The van der Waals surface area contributed by atoms with Crippen LogP contribution in [0.25, 0.3) is 0 Å². The molecule has 0 aromatic heterocycles. The van der Waals surface area contributed by atoms with Gasteiger partial charge in [-0.3, -0.25) is 9.69 Å². The van der Waals surface area contributed by atoms with Gasteiger partial charge in [0.15, 0.2) is 5.79 Å². The zero-order valence-corrected chi connectivity index (χ0v) is 17.3.